The summed E-state index contributed by atoms with van der Waals surface area (Å²) in [5.74, 6) is -12.3. The highest BCUT2D eigenvalue weighted by atomic mass is 16.4. The van der Waals surface area contributed by atoms with E-state index in [1.165, 1.54) is 26.4 Å². The monoisotopic (exact) mass is 1140 g/mol. The van der Waals surface area contributed by atoms with Crippen molar-refractivity contribution in [3.05, 3.63) is 90.0 Å². The normalized spacial score (nSPS) is 15.8. The van der Waals surface area contributed by atoms with Crippen LogP contribution < -0.4 is 65.1 Å². The van der Waals surface area contributed by atoms with E-state index < -0.39 is 138 Å². The summed E-state index contributed by atoms with van der Waals surface area (Å²) in [5, 5.41) is 42.8. The molecule has 1 saturated heterocycles. The molecule has 446 valence electrons. The van der Waals surface area contributed by atoms with Crippen LogP contribution in [0.5, 0.6) is 0 Å². The summed E-state index contributed by atoms with van der Waals surface area (Å²) in [6.07, 6.45) is 1.63. The number of benzene rings is 2. The summed E-state index contributed by atoms with van der Waals surface area (Å²) < 4.78 is 0. The molecule has 1 aliphatic heterocycles. The molecule has 28 heteroatoms. The van der Waals surface area contributed by atoms with Crippen molar-refractivity contribution in [1.82, 2.24) is 57.8 Å². The van der Waals surface area contributed by atoms with Crippen molar-refractivity contribution in [1.29, 1.82) is 0 Å². The van der Waals surface area contributed by atoms with Crippen LogP contribution >= 0.6 is 0 Å². The van der Waals surface area contributed by atoms with Gasteiger partial charge in [0.2, 0.25) is 53.2 Å². The van der Waals surface area contributed by atoms with Gasteiger partial charge in [-0.15, -0.1) is 0 Å². The minimum atomic E-state index is -1.90. The Balaban J connectivity index is 1.60. The van der Waals surface area contributed by atoms with Gasteiger partial charge in [-0.05, 0) is 61.6 Å². The van der Waals surface area contributed by atoms with Crippen molar-refractivity contribution >= 4 is 71.1 Å². The Hall–Kier alpha value is -8.95. The molecule has 2 aromatic carbocycles. The molecule has 18 N–H and O–H groups in total. The van der Waals surface area contributed by atoms with Crippen molar-refractivity contribution in [3.8, 4) is 0 Å². The average molecular weight is 1140 g/mol. The number of aromatic nitrogens is 2. The van der Waals surface area contributed by atoms with E-state index in [-0.39, 0.29) is 56.9 Å². The molecule has 1 aromatic heterocycles. The number of carboxylic acid groups (broad SMARTS) is 2. The molecule has 3 aromatic rings. The van der Waals surface area contributed by atoms with Crippen molar-refractivity contribution in [2.45, 2.75) is 146 Å². The van der Waals surface area contributed by atoms with Gasteiger partial charge in [0.05, 0.1) is 25.2 Å². The maximum Gasteiger partial charge on any atom is 0.305 e. The molecular weight excluding hydrogens is 1070 g/mol. The zero-order chi connectivity index (χ0) is 60.5. The Morgan fingerprint density at radius 2 is 1.07 bits per heavy atom. The molecule has 0 saturated carbocycles. The summed E-state index contributed by atoms with van der Waals surface area (Å²) in [4.78, 5) is 159. The van der Waals surface area contributed by atoms with E-state index in [1.807, 2.05) is 0 Å². The van der Waals surface area contributed by atoms with E-state index in [0.29, 0.717) is 36.2 Å². The number of rotatable bonds is 34. The van der Waals surface area contributed by atoms with Crippen molar-refractivity contribution in [3.63, 3.8) is 0 Å². The molecule has 28 nitrogen and oxygen atoms in total. The molecule has 1 fully saturated rings. The highest BCUT2D eigenvalue weighted by Gasteiger charge is 2.37. The fourth-order valence-electron chi connectivity index (χ4n) is 8.79. The zero-order valence-corrected chi connectivity index (χ0v) is 46.3. The number of H-pyrrole nitrogens is 1. The summed E-state index contributed by atoms with van der Waals surface area (Å²) in [5.41, 5.74) is 18.3. The fourth-order valence-corrected chi connectivity index (χ4v) is 8.79. The number of carboxylic acids is 2. The number of carbonyl (C=O) groups is 11. The Kier molecular flexibility index (Phi) is 26.4. The van der Waals surface area contributed by atoms with Crippen molar-refractivity contribution < 1.29 is 63.0 Å². The number of hydrogen-bond donors (Lipinski definition) is 15. The van der Waals surface area contributed by atoms with Crippen LogP contribution in [-0.2, 0) is 72.0 Å². The molecule has 0 spiro atoms. The standard InChI is InChI=1S/C54H77N15O13/c1-29(2)21-37(48(77)62-35(18-12-20-60-54(56)57)47(76)63-36(45(55)74)22-31-13-7-5-8-14-31)64-49(78)38(23-32-15-9-6-10-16-32)65-50(79)39(24-33-27-58-28-61-33)66-51(80)40(25-42(70)71)68-53(82)44(30(3)4)69-52(81)41(26-43(72)73)67-46(75)34-17-11-19-59-34/h5-10,13-16,27-30,34-41,44,59H,11-12,17-26H2,1-4H3,(H2,55,74)(H,58,61)(H,62,77)(H,63,76)(H,64,78)(H,65,79)(H,66,80)(H,67,75)(H,68,82)(H,69,81)(H,70,71)(H,72,73)(H4,56,57,60)/t34-,35-,36-,37-,38-,39-,40-,41-,44-/m0/s1. The quantitative estimate of drug-likeness (QED) is 0.0164. The van der Waals surface area contributed by atoms with Gasteiger partial charge in [-0.2, -0.15) is 0 Å². The van der Waals surface area contributed by atoms with Gasteiger partial charge in [-0.1, -0.05) is 88.4 Å². The molecule has 0 bridgehead atoms. The number of nitrogens with zero attached hydrogens (tertiary/aromatic N) is 2. The van der Waals surface area contributed by atoms with Crippen LogP contribution in [0, 0.1) is 11.8 Å². The average Bonchev–Trinajstić information content (AvgIpc) is 4.19. The maximum absolute atomic E-state index is 14.6. The predicted molar refractivity (Wildman–Crippen MR) is 297 cm³/mol. The molecule has 0 unspecified atom stereocenters. The Labute approximate surface area is 473 Å². The molecular formula is C54H77N15O13. The lowest BCUT2D eigenvalue weighted by molar-refractivity contribution is -0.142. The SMILES string of the molecule is CC(C)C[C@H](NC(=O)[C@H](Cc1ccccc1)NC(=O)[C@H](Cc1cnc[nH]1)NC(=O)[C@H](CC(=O)O)NC(=O)[C@@H](NC(=O)[C@H](CC(=O)O)NC(=O)[C@@H]1CCCN1)C(C)C)C(=O)N[C@@H](CCCN=C(N)N)C(=O)N[C@@H](Cc1ccccc1)C(N)=O. The topological polar surface area (TPSA) is 456 Å². The van der Waals surface area contributed by atoms with E-state index in [1.54, 1.807) is 74.5 Å². The third-order valence-corrected chi connectivity index (χ3v) is 13.0. The van der Waals surface area contributed by atoms with Crippen molar-refractivity contribution in [2.75, 3.05) is 13.1 Å². The van der Waals surface area contributed by atoms with Gasteiger partial charge in [0, 0.05) is 37.7 Å². The molecule has 9 amide bonds. The number of carbonyl (C=O) groups excluding carboxylic acids is 9. The Morgan fingerprint density at radius 3 is 1.57 bits per heavy atom. The number of hydrogen-bond acceptors (Lipinski definition) is 14. The lowest BCUT2D eigenvalue weighted by Gasteiger charge is -2.29. The van der Waals surface area contributed by atoms with Gasteiger partial charge in [0.1, 0.15) is 48.3 Å². The lowest BCUT2D eigenvalue weighted by atomic mass is 9.99. The Bertz CT molecular complexity index is 2680. The van der Waals surface area contributed by atoms with Crippen LogP contribution in [0.1, 0.15) is 89.5 Å². The van der Waals surface area contributed by atoms with Gasteiger partial charge in [-0.3, -0.25) is 57.7 Å². The van der Waals surface area contributed by atoms with Crippen molar-refractivity contribution in [2.24, 2.45) is 34.0 Å². The summed E-state index contributed by atoms with van der Waals surface area (Å²) in [6.45, 7) is 7.21. The van der Waals surface area contributed by atoms with Gasteiger partial charge < -0.3 is 80.2 Å². The first-order chi connectivity index (χ1) is 38.9. The van der Waals surface area contributed by atoms with E-state index >= 15 is 0 Å². The van der Waals surface area contributed by atoms with Crippen LogP contribution in [0.15, 0.2) is 78.2 Å². The molecule has 0 aliphatic carbocycles. The van der Waals surface area contributed by atoms with Crippen LogP contribution in [0.2, 0.25) is 0 Å². The molecule has 4 rings (SSSR count). The molecule has 2 heterocycles. The van der Waals surface area contributed by atoms with E-state index in [2.05, 4.69) is 62.8 Å². The second-order valence-corrected chi connectivity index (χ2v) is 20.6. The highest BCUT2D eigenvalue weighted by Crippen LogP contribution is 2.13. The summed E-state index contributed by atoms with van der Waals surface area (Å²) in [6, 6.07) is 4.68. The van der Waals surface area contributed by atoms with Gasteiger partial charge >= 0.3 is 11.9 Å². The minimum absolute atomic E-state index is 0.0238. The zero-order valence-electron chi connectivity index (χ0n) is 46.3. The molecule has 0 radical (unpaired) electrons. The number of imidazole rings is 1. The van der Waals surface area contributed by atoms with Crippen LogP contribution in [-0.4, -0.2) is 159 Å². The van der Waals surface area contributed by atoms with Crippen LogP contribution in [0.4, 0.5) is 0 Å². The number of guanidine groups is 1. The maximum atomic E-state index is 14.6. The molecule has 82 heavy (non-hydrogen) atoms. The first-order valence-corrected chi connectivity index (χ1v) is 26.9. The van der Waals surface area contributed by atoms with Gasteiger partial charge in [0.15, 0.2) is 5.96 Å². The number of primary amides is 1. The number of nitrogens with one attached hydrogen (secondary N) is 10. The fraction of sp³-hybridized carbons (Fsp3) is 0.500. The Morgan fingerprint density at radius 1 is 0.598 bits per heavy atom. The third kappa shape index (κ3) is 22.7. The second-order valence-electron chi connectivity index (χ2n) is 20.6. The smallest absolute Gasteiger partial charge is 0.305 e. The summed E-state index contributed by atoms with van der Waals surface area (Å²) >= 11 is 0. The number of aliphatic carboxylic acids is 2. The number of amides is 9. The van der Waals surface area contributed by atoms with E-state index in [9.17, 15) is 63.0 Å². The predicted octanol–water partition coefficient (Wildman–Crippen LogP) is -2.74. The van der Waals surface area contributed by atoms with Crippen LogP contribution in [0.25, 0.3) is 0 Å². The third-order valence-electron chi connectivity index (χ3n) is 13.0. The first kappa shape index (κ1) is 65.6. The van der Waals surface area contributed by atoms with Gasteiger partial charge in [0.25, 0.3) is 0 Å². The summed E-state index contributed by atoms with van der Waals surface area (Å²) in [7, 11) is 0. The van der Waals surface area contributed by atoms with E-state index in [0.717, 1.165) is 0 Å². The first-order valence-electron chi connectivity index (χ1n) is 26.9. The number of aromatic amines is 1. The van der Waals surface area contributed by atoms with Gasteiger partial charge in [-0.25, -0.2) is 4.98 Å². The lowest BCUT2D eigenvalue weighted by Crippen LogP contribution is -2.61. The van der Waals surface area contributed by atoms with Crippen LogP contribution in [0.3, 0.4) is 0 Å². The second kappa shape index (κ2) is 33.0. The molecule has 9 atom stereocenters. The minimum Gasteiger partial charge on any atom is -0.481 e. The van der Waals surface area contributed by atoms with E-state index in [4.69, 9.17) is 17.2 Å². The largest absolute Gasteiger partial charge is 0.481 e. The number of nitrogens with two attached hydrogens (primary N) is 3. The molecule has 1 aliphatic rings. The highest BCUT2D eigenvalue weighted by molar-refractivity contribution is 5.99. The number of aliphatic imine (C=N–C) groups is 1.